The summed E-state index contributed by atoms with van der Waals surface area (Å²) in [5.74, 6) is -1.23. The summed E-state index contributed by atoms with van der Waals surface area (Å²) in [6, 6.07) is 2.90. The van der Waals surface area contributed by atoms with E-state index < -0.39 is 11.6 Å². The minimum Gasteiger partial charge on any atom is -0.294 e. The molecular formula is C14H14F2O. The standard InChI is InChI=1S/C14H14F2O/c1-7-5-6-10(13(16)12(7)15)14(17)11-8-3-2-4-9(8)11/h5-6,8-9,11H,2-4H2,1H3. The Kier molecular flexibility index (Phi) is 2.32. The van der Waals surface area contributed by atoms with Crippen LogP contribution in [0.1, 0.15) is 35.2 Å². The maximum atomic E-state index is 13.7. The summed E-state index contributed by atoms with van der Waals surface area (Å²) >= 11 is 0. The molecule has 1 nitrogen and oxygen atoms in total. The third-order valence-corrected chi connectivity index (χ3v) is 4.25. The highest BCUT2D eigenvalue weighted by Crippen LogP contribution is 2.58. The predicted octanol–water partition coefficient (Wildman–Crippen LogP) is 3.50. The second-order valence-corrected chi connectivity index (χ2v) is 5.21. The van der Waals surface area contributed by atoms with Crippen LogP contribution in [0.25, 0.3) is 0 Å². The van der Waals surface area contributed by atoms with Gasteiger partial charge in [-0.2, -0.15) is 0 Å². The fraction of sp³-hybridized carbons (Fsp3) is 0.500. The molecule has 2 atom stereocenters. The van der Waals surface area contributed by atoms with Crippen molar-refractivity contribution in [3.63, 3.8) is 0 Å². The van der Waals surface area contributed by atoms with E-state index in [0.717, 1.165) is 12.8 Å². The van der Waals surface area contributed by atoms with Gasteiger partial charge >= 0.3 is 0 Å². The topological polar surface area (TPSA) is 17.1 Å². The molecule has 3 heteroatoms. The van der Waals surface area contributed by atoms with Crippen molar-refractivity contribution in [1.29, 1.82) is 0 Å². The summed E-state index contributed by atoms with van der Waals surface area (Å²) in [5.41, 5.74) is 0.183. The lowest BCUT2D eigenvalue weighted by Gasteiger charge is -2.06. The molecule has 0 N–H and O–H groups in total. The average molecular weight is 236 g/mol. The number of carbonyl (C=O) groups is 1. The minimum absolute atomic E-state index is 0.0413. The van der Waals surface area contributed by atoms with Crippen molar-refractivity contribution in [2.45, 2.75) is 26.2 Å². The highest BCUT2D eigenvalue weighted by Gasteiger charge is 2.56. The Morgan fingerprint density at radius 2 is 1.82 bits per heavy atom. The van der Waals surface area contributed by atoms with Gasteiger partial charge in [0.2, 0.25) is 0 Å². The number of halogens is 2. The molecule has 0 bridgehead atoms. The van der Waals surface area contributed by atoms with Crippen LogP contribution >= 0.6 is 0 Å². The number of aryl methyl sites for hydroxylation is 1. The highest BCUT2D eigenvalue weighted by atomic mass is 19.2. The fourth-order valence-corrected chi connectivity index (χ4v) is 3.23. The van der Waals surface area contributed by atoms with E-state index in [4.69, 9.17) is 0 Å². The zero-order chi connectivity index (χ0) is 12.2. The lowest BCUT2D eigenvalue weighted by molar-refractivity contribution is 0.0946. The molecule has 2 aliphatic carbocycles. The third-order valence-electron chi connectivity index (χ3n) is 4.25. The molecular weight excluding hydrogens is 222 g/mol. The third kappa shape index (κ3) is 1.52. The first-order valence-corrected chi connectivity index (χ1v) is 6.10. The van der Waals surface area contributed by atoms with Crippen molar-refractivity contribution in [3.05, 3.63) is 34.9 Å². The second kappa shape index (κ2) is 3.62. The number of hydrogen-bond donors (Lipinski definition) is 0. The Morgan fingerprint density at radius 1 is 1.18 bits per heavy atom. The van der Waals surface area contributed by atoms with Gasteiger partial charge in [-0.25, -0.2) is 8.78 Å². The van der Waals surface area contributed by atoms with Gasteiger partial charge in [-0.1, -0.05) is 12.5 Å². The summed E-state index contributed by atoms with van der Waals surface area (Å²) < 4.78 is 27.1. The van der Waals surface area contributed by atoms with Crippen molar-refractivity contribution < 1.29 is 13.6 Å². The van der Waals surface area contributed by atoms with Crippen LogP contribution in [0.2, 0.25) is 0 Å². The maximum absolute atomic E-state index is 13.7. The van der Waals surface area contributed by atoms with Crippen LogP contribution < -0.4 is 0 Å². The molecule has 0 amide bonds. The zero-order valence-corrected chi connectivity index (χ0v) is 9.67. The van der Waals surface area contributed by atoms with Crippen LogP contribution in [0.15, 0.2) is 12.1 Å². The molecule has 17 heavy (non-hydrogen) atoms. The van der Waals surface area contributed by atoms with Gasteiger partial charge in [-0.3, -0.25) is 4.79 Å². The van der Waals surface area contributed by atoms with E-state index in [9.17, 15) is 13.6 Å². The molecule has 2 unspecified atom stereocenters. The van der Waals surface area contributed by atoms with E-state index >= 15 is 0 Å². The summed E-state index contributed by atoms with van der Waals surface area (Å²) in [7, 11) is 0. The van der Waals surface area contributed by atoms with Gasteiger partial charge in [0.15, 0.2) is 17.4 Å². The Labute approximate surface area is 98.8 Å². The average Bonchev–Trinajstić information content (AvgIpc) is 2.79. The number of benzene rings is 1. The van der Waals surface area contributed by atoms with E-state index in [1.54, 1.807) is 0 Å². The van der Waals surface area contributed by atoms with Crippen molar-refractivity contribution >= 4 is 5.78 Å². The number of ketones is 1. The number of carbonyl (C=O) groups excluding carboxylic acids is 1. The minimum atomic E-state index is -0.972. The SMILES string of the molecule is Cc1ccc(C(=O)C2C3CCCC32)c(F)c1F. The van der Waals surface area contributed by atoms with E-state index in [0.29, 0.717) is 11.8 Å². The molecule has 0 radical (unpaired) electrons. The molecule has 2 saturated carbocycles. The molecule has 0 spiro atoms. The zero-order valence-electron chi connectivity index (χ0n) is 9.67. The van der Waals surface area contributed by atoms with Gasteiger partial charge in [-0.15, -0.1) is 0 Å². The van der Waals surface area contributed by atoms with Gasteiger partial charge < -0.3 is 0 Å². The first kappa shape index (κ1) is 10.9. The molecule has 1 aromatic carbocycles. The van der Waals surface area contributed by atoms with Crippen LogP contribution in [0.4, 0.5) is 8.78 Å². The summed E-state index contributed by atoms with van der Waals surface area (Å²) in [6.45, 7) is 1.50. The molecule has 0 aromatic heterocycles. The smallest absolute Gasteiger partial charge is 0.169 e. The van der Waals surface area contributed by atoms with Gasteiger partial charge in [-0.05, 0) is 43.2 Å². The van der Waals surface area contributed by atoms with Crippen LogP contribution in [-0.2, 0) is 0 Å². The molecule has 0 saturated heterocycles. The lowest BCUT2D eigenvalue weighted by Crippen LogP contribution is -2.10. The Hall–Kier alpha value is -1.25. The summed E-state index contributed by atoms with van der Waals surface area (Å²) in [4.78, 5) is 12.1. The number of rotatable bonds is 2. The summed E-state index contributed by atoms with van der Waals surface area (Å²) in [5, 5.41) is 0. The van der Waals surface area contributed by atoms with Crippen molar-refractivity contribution in [2.75, 3.05) is 0 Å². The van der Waals surface area contributed by atoms with Gasteiger partial charge in [0, 0.05) is 5.92 Å². The van der Waals surface area contributed by atoms with E-state index in [1.807, 2.05) is 0 Å². The fourth-order valence-electron chi connectivity index (χ4n) is 3.23. The van der Waals surface area contributed by atoms with Gasteiger partial charge in [0.1, 0.15) is 0 Å². The summed E-state index contributed by atoms with van der Waals surface area (Å²) in [6.07, 6.45) is 3.30. The molecule has 2 fully saturated rings. The molecule has 0 aliphatic heterocycles. The van der Waals surface area contributed by atoms with E-state index in [1.165, 1.54) is 25.5 Å². The highest BCUT2D eigenvalue weighted by molar-refractivity contribution is 6.00. The maximum Gasteiger partial charge on any atom is 0.169 e. The molecule has 3 rings (SSSR count). The first-order valence-electron chi connectivity index (χ1n) is 6.10. The Bertz CT molecular complexity index is 485. The predicted molar refractivity (Wildman–Crippen MR) is 59.7 cm³/mol. The van der Waals surface area contributed by atoms with E-state index in [-0.39, 0.29) is 22.8 Å². The largest absolute Gasteiger partial charge is 0.294 e. The molecule has 0 heterocycles. The molecule has 90 valence electrons. The lowest BCUT2D eigenvalue weighted by atomic mass is 9.99. The van der Waals surface area contributed by atoms with Crippen molar-refractivity contribution in [3.8, 4) is 0 Å². The normalized spacial score (nSPS) is 30.2. The molecule has 2 aliphatic rings. The quantitative estimate of drug-likeness (QED) is 0.718. The van der Waals surface area contributed by atoms with Crippen molar-refractivity contribution in [2.24, 2.45) is 17.8 Å². The second-order valence-electron chi connectivity index (χ2n) is 5.21. The number of fused-ring (bicyclic) bond motifs is 1. The monoisotopic (exact) mass is 236 g/mol. The van der Waals surface area contributed by atoms with Crippen LogP contribution in [0, 0.1) is 36.3 Å². The van der Waals surface area contributed by atoms with Crippen molar-refractivity contribution in [1.82, 2.24) is 0 Å². The van der Waals surface area contributed by atoms with Crippen LogP contribution in [0.5, 0.6) is 0 Å². The molecule has 1 aromatic rings. The Balaban J connectivity index is 1.90. The van der Waals surface area contributed by atoms with E-state index in [2.05, 4.69) is 0 Å². The number of Topliss-reactive ketones (excluding diaryl/α,β-unsaturated/α-hetero) is 1. The van der Waals surface area contributed by atoms with Gasteiger partial charge in [0.05, 0.1) is 5.56 Å². The number of hydrogen-bond acceptors (Lipinski definition) is 1. The van der Waals surface area contributed by atoms with Crippen LogP contribution in [-0.4, -0.2) is 5.78 Å². The van der Waals surface area contributed by atoms with Crippen LogP contribution in [0.3, 0.4) is 0 Å². The Morgan fingerprint density at radius 3 is 2.47 bits per heavy atom. The first-order chi connectivity index (χ1) is 8.11. The van der Waals surface area contributed by atoms with Gasteiger partial charge in [0.25, 0.3) is 0 Å².